The monoisotopic (exact) mass is 800 g/mol. The van der Waals surface area contributed by atoms with Crippen LogP contribution in [0.3, 0.4) is 0 Å². The minimum atomic E-state index is 0.661. The lowest BCUT2D eigenvalue weighted by atomic mass is 9.92. The summed E-state index contributed by atoms with van der Waals surface area (Å²) < 4.78 is 26.8. The Morgan fingerprint density at radius 3 is 1.51 bits per heavy atom. The topological polar surface area (TPSA) is 46.6 Å². The Balaban J connectivity index is 1.07. The van der Waals surface area contributed by atoms with E-state index in [-0.39, 0.29) is 0 Å². The van der Waals surface area contributed by atoms with Crippen LogP contribution in [0.1, 0.15) is 99.3 Å². The van der Waals surface area contributed by atoms with E-state index in [1.54, 1.807) is 0 Å². The second-order valence-corrected chi connectivity index (χ2v) is 17.5. The number of likely N-dealkylation sites (tertiary alicyclic amines) is 3. The third kappa shape index (κ3) is 12.3. The molecule has 7 aliphatic heterocycles. The SMILES string of the molecule is c1cc2c(c(OCCN3CCCCCC3)c1)-c1ccc(cc1OCCN1CCCCCC1)CCc1ccc(OCCN3CCCCCC3)c(c1)Oc1ccc(cc1)CC2. The first-order valence-corrected chi connectivity index (χ1v) is 23.4. The van der Waals surface area contributed by atoms with Crippen molar-refractivity contribution in [3.05, 3.63) is 101 Å². The molecule has 7 heteroatoms. The van der Waals surface area contributed by atoms with E-state index in [0.29, 0.717) is 19.8 Å². The summed E-state index contributed by atoms with van der Waals surface area (Å²) in [6.07, 6.45) is 19.4. The number of hydrogen-bond acceptors (Lipinski definition) is 7. The first-order chi connectivity index (χ1) is 29.2. The molecule has 0 amide bonds. The number of ether oxygens (including phenoxy) is 4. The summed E-state index contributed by atoms with van der Waals surface area (Å²) in [5.41, 5.74) is 7.40. The van der Waals surface area contributed by atoms with Gasteiger partial charge in [0, 0.05) is 30.8 Å². The Morgan fingerprint density at radius 1 is 0.424 bits per heavy atom. The first-order valence-electron chi connectivity index (χ1n) is 23.4. The molecule has 6 bridgehead atoms. The van der Waals surface area contributed by atoms with E-state index in [4.69, 9.17) is 18.9 Å². The third-order valence-electron chi connectivity index (χ3n) is 13.1. The van der Waals surface area contributed by atoms with Crippen LogP contribution in [-0.4, -0.2) is 93.4 Å². The second kappa shape index (κ2) is 22.0. The van der Waals surface area contributed by atoms with Crippen molar-refractivity contribution in [3.8, 4) is 39.9 Å². The number of hydrogen-bond donors (Lipinski definition) is 0. The van der Waals surface area contributed by atoms with Gasteiger partial charge in [-0.25, -0.2) is 0 Å². The van der Waals surface area contributed by atoms with E-state index in [1.807, 2.05) is 0 Å². The van der Waals surface area contributed by atoms with Crippen LogP contribution in [0.15, 0.2) is 78.9 Å². The molecule has 7 nitrogen and oxygen atoms in total. The van der Waals surface area contributed by atoms with Gasteiger partial charge in [-0.1, -0.05) is 81.0 Å². The van der Waals surface area contributed by atoms with Crippen molar-refractivity contribution in [2.75, 3.05) is 78.7 Å². The van der Waals surface area contributed by atoms with Gasteiger partial charge >= 0.3 is 0 Å². The minimum absolute atomic E-state index is 0.661. The van der Waals surface area contributed by atoms with Crippen molar-refractivity contribution in [2.45, 2.75) is 103 Å². The highest BCUT2D eigenvalue weighted by Crippen LogP contribution is 2.41. The van der Waals surface area contributed by atoms with Gasteiger partial charge in [0.25, 0.3) is 0 Å². The molecule has 0 radical (unpaired) electrons. The zero-order valence-electron chi connectivity index (χ0n) is 35.8. The normalized spacial score (nSPS) is 18.7. The van der Waals surface area contributed by atoms with E-state index < -0.39 is 0 Å². The highest BCUT2D eigenvalue weighted by atomic mass is 16.5. The van der Waals surface area contributed by atoms with E-state index in [1.165, 1.54) is 144 Å². The van der Waals surface area contributed by atoms with E-state index >= 15 is 0 Å². The maximum Gasteiger partial charge on any atom is 0.169 e. The number of aryl methyl sites for hydroxylation is 4. The van der Waals surface area contributed by atoms with E-state index in [0.717, 1.165) is 79.6 Å². The van der Waals surface area contributed by atoms with Gasteiger partial charge in [0.15, 0.2) is 11.5 Å². The van der Waals surface area contributed by atoms with Crippen LogP contribution in [-0.2, 0) is 25.7 Å². The Hall–Kier alpha value is -4.04. The number of rotatable bonds is 12. The van der Waals surface area contributed by atoms with Gasteiger partial charge in [0.05, 0.1) is 0 Å². The van der Waals surface area contributed by atoms with Crippen molar-refractivity contribution in [1.82, 2.24) is 14.7 Å². The average Bonchev–Trinajstić information content (AvgIpc) is 3.81. The van der Waals surface area contributed by atoms with E-state index in [9.17, 15) is 0 Å². The molecular formula is C52H69N3O4. The molecule has 0 N–H and O–H groups in total. The second-order valence-electron chi connectivity index (χ2n) is 17.5. The molecule has 0 atom stereocenters. The lowest BCUT2D eigenvalue weighted by Gasteiger charge is -2.23. The molecule has 3 saturated heterocycles. The zero-order valence-corrected chi connectivity index (χ0v) is 35.8. The number of nitrogens with zero attached hydrogens (tertiary/aromatic N) is 3. The molecule has 4 aromatic rings. The molecule has 0 aromatic heterocycles. The summed E-state index contributed by atoms with van der Waals surface area (Å²) in [6, 6.07) is 28.8. The lowest BCUT2D eigenvalue weighted by molar-refractivity contribution is 0.210. The van der Waals surface area contributed by atoms with E-state index in [2.05, 4.69) is 93.6 Å². The fourth-order valence-corrected chi connectivity index (χ4v) is 9.52. The summed E-state index contributed by atoms with van der Waals surface area (Å²) in [4.78, 5) is 7.74. The van der Waals surface area contributed by atoms with Crippen LogP contribution >= 0.6 is 0 Å². The Labute approximate surface area is 355 Å². The summed E-state index contributed by atoms with van der Waals surface area (Å²) in [5, 5.41) is 0. The Bertz CT molecular complexity index is 1870. The zero-order chi connectivity index (χ0) is 39.9. The maximum absolute atomic E-state index is 6.90. The fourth-order valence-electron chi connectivity index (χ4n) is 9.52. The number of benzene rings is 4. The predicted molar refractivity (Wildman–Crippen MR) is 241 cm³/mol. The molecule has 11 rings (SSSR count). The van der Waals surface area contributed by atoms with Crippen LogP contribution in [0.5, 0.6) is 28.7 Å². The third-order valence-corrected chi connectivity index (χ3v) is 13.1. The molecule has 0 aliphatic carbocycles. The lowest BCUT2D eigenvalue weighted by Crippen LogP contribution is -2.29. The summed E-state index contributed by atoms with van der Waals surface area (Å²) in [7, 11) is 0. The largest absolute Gasteiger partial charge is 0.492 e. The maximum atomic E-state index is 6.90. The summed E-state index contributed by atoms with van der Waals surface area (Å²) >= 11 is 0. The standard InChI is InChI=1S/C52H69N3O4/c1-2-8-29-53(28-7-1)34-37-56-48-27-22-44-17-16-43-21-26-47(50(40-43)58-39-36-55-32-11-5-6-12-33-55)52-45(23-18-42-19-24-46(25-20-42)59-51(48)41-44)14-13-15-49(52)57-38-35-54-30-9-3-4-10-31-54/h13-15,19-22,24-27,40-41H,1-12,16-18,23,28-39H2. The van der Waals surface area contributed by atoms with Crippen molar-refractivity contribution in [2.24, 2.45) is 0 Å². The predicted octanol–water partition coefficient (Wildman–Crippen LogP) is 10.8. The molecular weight excluding hydrogens is 731 g/mol. The van der Waals surface area contributed by atoms with Gasteiger partial charge in [-0.2, -0.15) is 0 Å². The summed E-state index contributed by atoms with van der Waals surface area (Å²) in [5.74, 6) is 4.36. The molecule has 7 heterocycles. The quantitative estimate of drug-likeness (QED) is 0.141. The van der Waals surface area contributed by atoms with Gasteiger partial charge in [-0.15, -0.1) is 0 Å². The van der Waals surface area contributed by atoms with Crippen molar-refractivity contribution >= 4 is 0 Å². The Kier molecular flexibility index (Phi) is 15.5. The van der Waals surface area contributed by atoms with Gasteiger partial charge in [-0.05, 0) is 162 Å². The highest BCUT2D eigenvalue weighted by Gasteiger charge is 2.20. The van der Waals surface area contributed by atoms with Crippen LogP contribution < -0.4 is 18.9 Å². The first kappa shape index (κ1) is 41.7. The van der Waals surface area contributed by atoms with Gasteiger partial charge in [0.2, 0.25) is 0 Å². The van der Waals surface area contributed by atoms with Crippen molar-refractivity contribution in [3.63, 3.8) is 0 Å². The van der Waals surface area contributed by atoms with Crippen LogP contribution in [0.4, 0.5) is 0 Å². The van der Waals surface area contributed by atoms with Gasteiger partial charge in [-0.3, -0.25) is 14.7 Å². The molecule has 3 fully saturated rings. The average molecular weight is 800 g/mol. The Morgan fingerprint density at radius 2 is 0.915 bits per heavy atom. The molecule has 0 unspecified atom stereocenters. The summed E-state index contributed by atoms with van der Waals surface area (Å²) in [6.45, 7) is 11.9. The molecule has 59 heavy (non-hydrogen) atoms. The van der Waals surface area contributed by atoms with Crippen LogP contribution in [0.2, 0.25) is 0 Å². The van der Waals surface area contributed by atoms with Crippen molar-refractivity contribution in [1.29, 1.82) is 0 Å². The highest BCUT2D eigenvalue weighted by molar-refractivity contribution is 5.79. The molecule has 316 valence electrons. The van der Waals surface area contributed by atoms with Crippen LogP contribution in [0.25, 0.3) is 11.1 Å². The minimum Gasteiger partial charge on any atom is -0.492 e. The molecule has 4 aromatic carbocycles. The fraction of sp³-hybridized carbons (Fsp3) is 0.538. The smallest absolute Gasteiger partial charge is 0.169 e. The van der Waals surface area contributed by atoms with Gasteiger partial charge < -0.3 is 18.9 Å². The molecule has 0 saturated carbocycles. The van der Waals surface area contributed by atoms with Gasteiger partial charge in [0.1, 0.15) is 37.1 Å². The van der Waals surface area contributed by atoms with Crippen LogP contribution in [0, 0.1) is 0 Å². The van der Waals surface area contributed by atoms with Crippen molar-refractivity contribution < 1.29 is 18.9 Å². The molecule has 7 aliphatic rings. The molecule has 0 spiro atoms.